The van der Waals surface area contributed by atoms with Gasteiger partial charge in [-0.3, -0.25) is 0 Å². The SMILES string of the molecule is CCCOCc1noc(CCC(C)(C)CCN)n1. The predicted molar refractivity (Wildman–Crippen MR) is 70.0 cm³/mol. The molecule has 0 amide bonds. The zero-order valence-corrected chi connectivity index (χ0v) is 11.7. The van der Waals surface area contributed by atoms with Gasteiger partial charge in [-0.25, -0.2) is 0 Å². The molecule has 0 saturated carbocycles. The van der Waals surface area contributed by atoms with Crippen LogP contribution in [0.25, 0.3) is 0 Å². The van der Waals surface area contributed by atoms with Crippen molar-refractivity contribution in [3.05, 3.63) is 11.7 Å². The van der Waals surface area contributed by atoms with Crippen molar-refractivity contribution in [2.24, 2.45) is 11.1 Å². The van der Waals surface area contributed by atoms with E-state index < -0.39 is 0 Å². The fourth-order valence-corrected chi connectivity index (χ4v) is 1.72. The lowest BCUT2D eigenvalue weighted by Crippen LogP contribution is -2.17. The molecule has 1 aromatic heterocycles. The molecule has 0 unspecified atom stereocenters. The summed E-state index contributed by atoms with van der Waals surface area (Å²) in [5, 5.41) is 3.90. The van der Waals surface area contributed by atoms with Crippen molar-refractivity contribution in [3.63, 3.8) is 0 Å². The average Bonchev–Trinajstić information content (AvgIpc) is 2.75. The second-order valence-electron chi connectivity index (χ2n) is 5.36. The molecule has 2 N–H and O–H groups in total. The molecule has 1 aromatic rings. The van der Waals surface area contributed by atoms with E-state index in [-0.39, 0.29) is 5.41 Å². The lowest BCUT2D eigenvalue weighted by Gasteiger charge is -2.22. The van der Waals surface area contributed by atoms with Gasteiger partial charge in [0.15, 0.2) is 5.82 Å². The van der Waals surface area contributed by atoms with E-state index in [0.717, 1.165) is 32.3 Å². The molecule has 18 heavy (non-hydrogen) atoms. The van der Waals surface area contributed by atoms with Crippen LogP contribution in [0.4, 0.5) is 0 Å². The molecule has 0 atom stereocenters. The fourth-order valence-electron chi connectivity index (χ4n) is 1.72. The van der Waals surface area contributed by atoms with Gasteiger partial charge in [0.05, 0.1) is 0 Å². The first-order chi connectivity index (χ1) is 8.57. The number of aromatic nitrogens is 2. The van der Waals surface area contributed by atoms with E-state index in [1.54, 1.807) is 0 Å². The van der Waals surface area contributed by atoms with Crippen LogP contribution < -0.4 is 5.73 Å². The Morgan fingerprint density at radius 3 is 2.78 bits per heavy atom. The highest BCUT2D eigenvalue weighted by Crippen LogP contribution is 2.25. The van der Waals surface area contributed by atoms with Gasteiger partial charge in [0.2, 0.25) is 5.89 Å². The molecule has 0 bridgehead atoms. The highest BCUT2D eigenvalue weighted by molar-refractivity contribution is 4.86. The van der Waals surface area contributed by atoms with Crippen molar-refractivity contribution in [1.29, 1.82) is 0 Å². The van der Waals surface area contributed by atoms with E-state index in [2.05, 4.69) is 30.9 Å². The standard InChI is InChI=1S/C13H25N3O2/c1-4-9-17-10-11-15-12(18-16-11)5-6-13(2,3)7-8-14/h4-10,14H2,1-3H3. The third-order valence-corrected chi connectivity index (χ3v) is 2.93. The van der Waals surface area contributed by atoms with Gasteiger partial charge in [0.25, 0.3) is 0 Å². The zero-order valence-electron chi connectivity index (χ0n) is 11.7. The second kappa shape index (κ2) is 7.48. The van der Waals surface area contributed by atoms with E-state index in [4.69, 9.17) is 15.0 Å². The van der Waals surface area contributed by atoms with Crippen molar-refractivity contribution in [2.45, 2.75) is 53.1 Å². The maximum absolute atomic E-state index is 5.59. The topological polar surface area (TPSA) is 74.2 Å². The van der Waals surface area contributed by atoms with Crippen molar-refractivity contribution >= 4 is 0 Å². The van der Waals surface area contributed by atoms with Gasteiger partial charge in [-0.05, 0) is 31.2 Å². The van der Waals surface area contributed by atoms with Gasteiger partial charge in [-0.1, -0.05) is 25.9 Å². The van der Waals surface area contributed by atoms with E-state index in [0.29, 0.717) is 24.9 Å². The van der Waals surface area contributed by atoms with E-state index in [1.807, 2.05) is 0 Å². The number of aryl methyl sites for hydroxylation is 1. The van der Waals surface area contributed by atoms with Crippen LogP contribution in [0.15, 0.2) is 4.52 Å². The molecule has 5 heteroatoms. The van der Waals surface area contributed by atoms with E-state index in [9.17, 15) is 0 Å². The Kier molecular flexibility index (Phi) is 6.29. The monoisotopic (exact) mass is 255 g/mol. The Balaban J connectivity index is 2.35. The third kappa shape index (κ3) is 5.60. The number of rotatable bonds is 9. The van der Waals surface area contributed by atoms with Crippen LogP contribution in [-0.4, -0.2) is 23.3 Å². The molecule has 104 valence electrons. The molecule has 0 saturated heterocycles. The number of ether oxygens (including phenoxy) is 1. The molecule has 0 spiro atoms. The number of hydrogen-bond acceptors (Lipinski definition) is 5. The minimum Gasteiger partial charge on any atom is -0.373 e. The van der Waals surface area contributed by atoms with Gasteiger partial charge in [-0.15, -0.1) is 0 Å². The van der Waals surface area contributed by atoms with Crippen molar-refractivity contribution in [2.75, 3.05) is 13.2 Å². The summed E-state index contributed by atoms with van der Waals surface area (Å²) >= 11 is 0. The summed E-state index contributed by atoms with van der Waals surface area (Å²) in [5.41, 5.74) is 5.81. The van der Waals surface area contributed by atoms with Gasteiger partial charge in [0.1, 0.15) is 6.61 Å². The zero-order chi connectivity index (χ0) is 13.4. The van der Waals surface area contributed by atoms with Crippen molar-refractivity contribution in [1.82, 2.24) is 10.1 Å². The third-order valence-electron chi connectivity index (χ3n) is 2.93. The summed E-state index contributed by atoms with van der Waals surface area (Å²) in [5.74, 6) is 1.32. The minimum atomic E-state index is 0.224. The molecule has 1 rings (SSSR count). The number of nitrogens with zero attached hydrogens (tertiary/aromatic N) is 2. The summed E-state index contributed by atoms with van der Waals surface area (Å²) < 4.78 is 10.6. The lowest BCUT2D eigenvalue weighted by molar-refractivity contribution is 0.114. The average molecular weight is 255 g/mol. The highest BCUT2D eigenvalue weighted by Gasteiger charge is 2.18. The number of hydrogen-bond donors (Lipinski definition) is 1. The highest BCUT2D eigenvalue weighted by atomic mass is 16.5. The van der Waals surface area contributed by atoms with Crippen molar-refractivity contribution in [3.8, 4) is 0 Å². The Morgan fingerprint density at radius 2 is 2.11 bits per heavy atom. The fraction of sp³-hybridized carbons (Fsp3) is 0.846. The van der Waals surface area contributed by atoms with Crippen LogP contribution >= 0.6 is 0 Å². The second-order valence-corrected chi connectivity index (χ2v) is 5.36. The summed E-state index contributed by atoms with van der Waals surface area (Å²) in [4.78, 5) is 4.31. The van der Waals surface area contributed by atoms with Crippen LogP contribution in [0.2, 0.25) is 0 Å². The Morgan fingerprint density at radius 1 is 1.33 bits per heavy atom. The maximum Gasteiger partial charge on any atom is 0.226 e. The maximum atomic E-state index is 5.59. The summed E-state index contributed by atoms with van der Waals surface area (Å²) in [6.45, 7) is 8.37. The van der Waals surface area contributed by atoms with E-state index in [1.165, 1.54) is 0 Å². The first-order valence-corrected chi connectivity index (χ1v) is 6.66. The summed E-state index contributed by atoms with van der Waals surface area (Å²) in [6, 6.07) is 0. The van der Waals surface area contributed by atoms with Gasteiger partial charge in [0, 0.05) is 13.0 Å². The van der Waals surface area contributed by atoms with Crippen LogP contribution in [0.1, 0.15) is 51.7 Å². The van der Waals surface area contributed by atoms with Crippen LogP contribution in [0, 0.1) is 5.41 Å². The van der Waals surface area contributed by atoms with Crippen LogP contribution in [0.5, 0.6) is 0 Å². The molecular formula is C13H25N3O2. The normalized spacial score (nSPS) is 12.0. The quantitative estimate of drug-likeness (QED) is 0.685. The molecule has 0 radical (unpaired) electrons. The van der Waals surface area contributed by atoms with E-state index >= 15 is 0 Å². The predicted octanol–water partition coefficient (Wildman–Crippen LogP) is 2.30. The first kappa shape index (κ1) is 15.1. The molecule has 1 heterocycles. The Hall–Kier alpha value is -0.940. The summed E-state index contributed by atoms with van der Waals surface area (Å²) in [7, 11) is 0. The van der Waals surface area contributed by atoms with Gasteiger partial charge < -0.3 is 15.0 Å². The first-order valence-electron chi connectivity index (χ1n) is 6.66. The van der Waals surface area contributed by atoms with Gasteiger partial charge in [-0.2, -0.15) is 4.98 Å². The van der Waals surface area contributed by atoms with Crippen LogP contribution in [0.3, 0.4) is 0 Å². The molecule has 0 aromatic carbocycles. The smallest absolute Gasteiger partial charge is 0.226 e. The van der Waals surface area contributed by atoms with Crippen molar-refractivity contribution < 1.29 is 9.26 Å². The van der Waals surface area contributed by atoms with Gasteiger partial charge >= 0.3 is 0 Å². The molecule has 5 nitrogen and oxygen atoms in total. The Bertz CT molecular complexity index is 337. The summed E-state index contributed by atoms with van der Waals surface area (Å²) in [6.07, 6.45) is 3.81. The molecular weight excluding hydrogens is 230 g/mol. The largest absolute Gasteiger partial charge is 0.373 e. The van der Waals surface area contributed by atoms with Crippen LogP contribution in [-0.2, 0) is 17.8 Å². The lowest BCUT2D eigenvalue weighted by atomic mass is 9.84. The molecule has 0 aliphatic rings. The molecule has 0 aliphatic heterocycles. The molecule has 0 aliphatic carbocycles. The number of nitrogens with two attached hydrogens (primary N) is 1. The molecule has 0 fully saturated rings. The minimum absolute atomic E-state index is 0.224. The Labute approximate surface area is 109 Å².